The van der Waals surface area contributed by atoms with Gasteiger partial charge in [-0.1, -0.05) is 48.5 Å². The van der Waals surface area contributed by atoms with E-state index in [4.69, 9.17) is 0 Å². The molecule has 0 atom stereocenters. The molecule has 5 aromatic carbocycles. The smallest absolute Gasteiger partial charge is 0.308 e. The first-order chi connectivity index (χ1) is 18.6. The van der Waals surface area contributed by atoms with Gasteiger partial charge in [-0.2, -0.15) is 8.42 Å². The number of amides is 4. The molecule has 0 aliphatic carbocycles. The highest BCUT2D eigenvalue weighted by molar-refractivity contribution is 7.85. The first-order valence-electron chi connectivity index (χ1n) is 11.9. The molecule has 5 aromatic rings. The van der Waals surface area contributed by atoms with Crippen LogP contribution >= 0.6 is 0 Å². The van der Waals surface area contributed by atoms with Gasteiger partial charge in [-0.05, 0) is 82.6 Å². The zero-order valence-corrected chi connectivity index (χ0v) is 21.5. The van der Waals surface area contributed by atoms with Crippen LogP contribution in [0.25, 0.3) is 21.5 Å². The second-order valence-corrected chi connectivity index (χ2v) is 10.4. The van der Waals surface area contributed by atoms with E-state index in [1.807, 2.05) is 49.4 Å². The molecule has 0 aliphatic heterocycles. The molecule has 0 radical (unpaired) electrons. The van der Waals surface area contributed by atoms with Crippen LogP contribution in [0.15, 0.2) is 102 Å². The minimum Gasteiger partial charge on any atom is -0.308 e. The van der Waals surface area contributed by atoms with Crippen LogP contribution in [0.1, 0.15) is 5.56 Å². The summed E-state index contributed by atoms with van der Waals surface area (Å²) in [5.74, 6) is 0. The van der Waals surface area contributed by atoms with Crippen molar-refractivity contribution in [3.05, 3.63) is 103 Å². The van der Waals surface area contributed by atoms with Crippen LogP contribution in [0.5, 0.6) is 0 Å². The Bertz CT molecular complexity index is 1850. The van der Waals surface area contributed by atoms with Crippen LogP contribution in [0.4, 0.5) is 32.3 Å². The second-order valence-electron chi connectivity index (χ2n) is 8.95. The molecule has 39 heavy (non-hydrogen) atoms. The van der Waals surface area contributed by atoms with Crippen LogP contribution in [0, 0.1) is 6.92 Å². The molecule has 0 saturated carbocycles. The van der Waals surface area contributed by atoms with Crippen molar-refractivity contribution in [2.45, 2.75) is 11.8 Å². The molecular weight excluding hydrogens is 516 g/mol. The normalized spacial score (nSPS) is 11.2. The lowest BCUT2D eigenvalue weighted by molar-refractivity contribution is 0.261. The van der Waals surface area contributed by atoms with Gasteiger partial charge in [0.25, 0.3) is 10.1 Å². The van der Waals surface area contributed by atoms with Crippen molar-refractivity contribution in [1.82, 2.24) is 0 Å². The zero-order chi connectivity index (χ0) is 27.6. The molecule has 0 unspecified atom stereocenters. The maximum atomic E-state index is 12.7. The third kappa shape index (κ3) is 6.15. The molecule has 10 heteroatoms. The molecule has 0 aliphatic rings. The van der Waals surface area contributed by atoms with Crippen LogP contribution in [-0.4, -0.2) is 25.0 Å². The summed E-state index contributed by atoms with van der Waals surface area (Å²) >= 11 is 0. The monoisotopic (exact) mass is 540 g/mol. The van der Waals surface area contributed by atoms with E-state index in [1.54, 1.807) is 42.5 Å². The standard InChI is InChI=1S/C29H24N4O5S/c1-18-6-10-25(32-28(34)30-23-11-7-19-4-2-3-5-20(19)14-23)17-27(18)33-29(35)31-24-12-8-22-16-26(39(36,37)38)13-9-21(22)15-24/h2-17H,1H3,(H2,30,32,34)(H2,31,33,35)(H,36,37,38). The van der Waals surface area contributed by atoms with E-state index in [1.165, 1.54) is 12.1 Å². The third-order valence-corrected chi connectivity index (χ3v) is 6.97. The quantitative estimate of drug-likeness (QED) is 0.156. The van der Waals surface area contributed by atoms with Gasteiger partial charge in [-0.3, -0.25) is 4.55 Å². The number of carbonyl (C=O) groups excluding carboxylic acids is 2. The number of nitrogens with one attached hydrogen (secondary N) is 4. The van der Waals surface area contributed by atoms with Crippen molar-refractivity contribution >= 4 is 66.5 Å². The van der Waals surface area contributed by atoms with E-state index in [0.717, 1.165) is 16.3 Å². The molecule has 4 amide bonds. The minimum absolute atomic E-state index is 0.205. The van der Waals surface area contributed by atoms with E-state index in [2.05, 4.69) is 21.3 Å². The number of benzene rings is 5. The second kappa shape index (κ2) is 10.4. The Hall–Kier alpha value is -4.93. The highest BCUT2D eigenvalue weighted by atomic mass is 32.2. The molecule has 9 nitrogen and oxygen atoms in total. The summed E-state index contributed by atoms with van der Waals surface area (Å²) in [6, 6.07) is 26.9. The Kier molecular flexibility index (Phi) is 6.88. The number of anilines is 4. The molecule has 0 spiro atoms. The van der Waals surface area contributed by atoms with Crippen LogP contribution < -0.4 is 21.3 Å². The van der Waals surface area contributed by atoms with Gasteiger partial charge in [0, 0.05) is 22.7 Å². The lowest BCUT2D eigenvalue weighted by atomic mass is 10.1. The van der Waals surface area contributed by atoms with Crippen molar-refractivity contribution in [2.75, 3.05) is 21.3 Å². The summed E-state index contributed by atoms with van der Waals surface area (Å²) in [6.07, 6.45) is 0. The fourth-order valence-electron chi connectivity index (χ4n) is 4.14. The molecule has 196 valence electrons. The number of hydrogen-bond donors (Lipinski definition) is 5. The molecule has 0 bridgehead atoms. The van der Waals surface area contributed by atoms with Gasteiger partial charge >= 0.3 is 12.1 Å². The van der Waals surface area contributed by atoms with Gasteiger partial charge < -0.3 is 21.3 Å². The SMILES string of the molecule is Cc1ccc(NC(=O)Nc2ccc3ccccc3c2)cc1NC(=O)Nc1ccc2cc(S(=O)(=O)O)ccc2c1. The van der Waals surface area contributed by atoms with Crippen LogP contribution in [0.2, 0.25) is 0 Å². The van der Waals surface area contributed by atoms with Gasteiger partial charge in [0.2, 0.25) is 0 Å². The summed E-state index contributed by atoms with van der Waals surface area (Å²) in [5.41, 5.74) is 2.94. The lowest BCUT2D eigenvalue weighted by Crippen LogP contribution is -2.21. The van der Waals surface area contributed by atoms with Crippen LogP contribution in [-0.2, 0) is 10.1 Å². The summed E-state index contributed by atoms with van der Waals surface area (Å²) in [6.45, 7) is 1.83. The molecular formula is C29H24N4O5S. The number of carbonyl (C=O) groups is 2. The van der Waals surface area contributed by atoms with Crippen molar-refractivity contribution in [3.8, 4) is 0 Å². The van der Waals surface area contributed by atoms with Gasteiger partial charge in [0.15, 0.2) is 0 Å². The fourth-order valence-corrected chi connectivity index (χ4v) is 4.66. The summed E-state index contributed by atoms with van der Waals surface area (Å²) in [7, 11) is -4.31. The Morgan fingerprint density at radius 2 is 1.08 bits per heavy atom. The number of fused-ring (bicyclic) bond motifs is 2. The molecule has 0 heterocycles. The largest absolute Gasteiger partial charge is 0.323 e. The average molecular weight is 541 g/mol. The topological polar surface area (TPSA) is 137 Å². The number of rotatable bonds is 5. The lowest BCUT2D eigenvalue weighted by Gasteiger charge is -2.13. The maximum absolute atomic E-state index is 12.7. The third-order valence-electron chi connectivity index (χ3n) is 6.12. The first-order valence-corrected chi connectivity index (χ1v) is 13.3. The Morgan fingerprint density at radius 1 is 0.590 bits per heavy atom. The first kappa shape index (κ1) is 25.7. The van der Waals surface area contributed by atoms with E-state index < -0.39 is 22.2 Å². The van der Waals surface area contributed by atoms with E-state index in [-0.39, 0.29) is 4.90 Å². The summed E-state index contributed by atoms with van der Waals surface area (Å²) in [4.78, 5) is 25.1. The van der Waals surface area contributed by atoms with Crippen molar-refractivity contribution in [3.63, 3.8) is 0 Å². The number of urea groups is 2. The molecule has 5 rings (SSSR count). The van der Waals surface area contributed by atoms with E-state index in [9.17, 15) is 22.6 Å². The molecule has 0 fully saturated rings. The van der Waals surface area contributed by atoms with Gasteiger partial charge in [0.1, 0.15) is 0 Å². The number of hydrogen-bond acceptors (Lipinski definition) is 4. The fraction of sp³-hybridized carbons (Fsp3) is 0.0345. The van der Waals surface area contributed by atoms with Crippen LogP contribution in [0.3, 0.4) is 0 Å². The zero-order valence-electron chi connectivity index (χ0n) is 20.7. The predicted octanol–water partition coefficient (Wildman–Crippen LogP) is 6.84. The Labute approximate surface area is 224 Å². The predicted molar refractivity (Wildman–Crippen MR) is 154 cm³/mol. The number of aryl methyl sites for hydroxylation is 1. The highest BCUT2D eigenvalue weighted by Crippen LogP contribution is 2.25. The van der Waals surface area contributed by atoms with Crippen molar-refractivity contribution in [1.29, 1.82) is 0 Å². The Balaban J connectivity index is 1.24. The van der Waals surface area contributed by atoms with E-state index >= 15 is 0 Å². The highest BCUT2D eigenvalue weighted by Gasteiger charge is 2.12. The van der Waals surface area contributed by atoms with Gasteiger partial charge in [0.05, 0.1) is 4.90 Å². The molecule has 0 aromatic heterocycles. The van der Waals surface area contributed by atoms with E-state index in [0.29, 0.717) is 33.5 Å². The van der Waals surface area contributed by atoms with Crippen molar-refractivity contribution < 1.29 is 22.6 Å². The maximum Gasteiger partial charge on any atom is 0.323 e. The van der Waals surface area contributed by atoms with Gasteiger partial charge in [-0.15, -0.1) is 0 Å². The summed E-state index contributed by atoms with van der Waals surface area (Å²) in [5, 5.41) is 14.5. The minimum atomic E-state index is -4.31. The summed E-state index contributed by atoms with van der Waals surface area (Å²) < 4.78 is 32.0. The van der Waals surface area contributed by atoms with Crippen molar-refractivity contribution in [2.24, 2.45) is 0 Å². The molecule has 0 saturated heterocycles. The average Bonchev–Trinajstić information content (AvgIpc) is 2.89. The van der Waals surface area contributed by atoms with Gasteiger partial charge in [-0.25, -0.2) is 9.59 Å². The Morgan fingerprint density at radius 3 is 1.74 bits per heavy atom. The molecule has 5 N–H and O–H groups in total.